The van der Waals surface area contributed by atoms with Crippen LogP contribution in [0.25, 0.3) is 10.9 Å². The van der Waals surface area contributed by atoms with E-state index in [1.54, 1.807) is 16.4 Å². The first kappa shape index (κ1) is 21.2. The molecular formula is C25H29N3O3S. The van der Waals surface area contributed by atoms with Crippen molar-refractivity contribution in [2.24, 2.45) is 0 Å². The molecule has 1 amide bonds. The normalized spacial score (nSPS) is 19.2. The predicted molar refractivity (Wildman–Crippen MR) is 125 cm³/mol. The number of carbonyl (C=O) groups is 1. The summed E-state index contributed by atoms with van der Waals surface area (Å²) < 4.78 is 29.3. The number of aromatic nitrogens is 1. The van der Waals surface area contributed by atoms with Gasteiger partial charge in [-0.15, -0.1) is 0 Å². The molecule has 0 saturated carbocycles. The molecule has 2 aromatic carbocycles. The fraction of sp³-hybridized carbons (Fsp3) is 0.400. The molecule has 1 aliphatic carbocycles. The van der Waals surface area contributed by atoms with Crippen LogP contribution in [0.15, 0.2) is 59.6 Å². The third-order valence-corrected chi connectivity index (χ3v) is 8.62. The van der Waals surface area contributed by atoms with E-state index in [4.69, 9.17) is 0 Å². The first-order valence-electron chi connectivity index (χ1n) is 11.5. The molecule has 1 aliphatic heterocycles. The van der Waals surface area contributed by atoms with Crippen LogP contribution in [-0.2, 0) is 27.8 Å². The van der Waals surface area contributed by atoms with E-state index in [2.05, 4.69) is 23.5 Å². The van der Waals surface area contributed by atoms with Crippen molar-refractivity contribution in [3.63, 3.8) is 0 Å². The van der Waals surface area contributed by atoms with E-state index in [-0.39, 0.29) is 11.9 Å². The second kappa shape index (κ2) is 8.71. The number of amides is 1. The van der Waals surface area contributed by atoms with Crippen LogP contribution in [0.2, 0.25) is 0 Å². The Bertz CT molecular complexity index is 1240. The third kappa shape index (κ3) is 4.07. The second-order valence-electron chi connectivity index (χ2n) is 8.80. The molecule has 2 aliphatic rings. The molecule has 1 saturated heterocycles. The van der Waals surface area contributed by atoms with Gasteiger partial charge in [-0.05, 0) is 67.5 Å². The molecule has 1 unspecified atom stereocenters. The number of hydrogen-bond donors (Lipinski definition) is 1. The Balaban J connectivity index is 1.26. The van der Waals surface area contributed by atoms with Crippen molar-refractivity contribution < 1.29 is 13.2 Å². The first-order valence-corrected chi connectivity index (χ1v) is 12.9. The van der Waals surface area contributed by atoms with Gasteiger partial charge >= 0.3 is 0 Å². The first-order chi connectivity index (χ1) is 15.5. The van der Waals surface area contributed by atoms with Crippen LogP contribution in [-0.4, -0.2) is 36.3 Å². The van der Waals surface area contributed by atoms with Crippen LogP contribution in [0.3, 0.4) is 0 Å². The Morgan fingerprint density at radius 2 is 1.84 bits per heavy atom. The van der Waals surface area contributed by atoms with E-state index in [9.17, 15) is 13.2 Å². The molecule has 32 heavy (non-hydrogen) atoms. The zero-order chi connectivity index (χ0) is 22.1. The molecule has 6 nitrogen and oxygen atoms in total. The number of hydrogen-bond acceptors (Lipinski definition) is 3. The van der Waals surface area contributed by atoms with Crippen molar-refractivity contribution in [1.29, 1.82) is 0 Å². The maximum Gasteiger partial charge on any atom is 0.243 e. The van der Waals surface area contributed by atoms with E-state index >= 15 is 0 Å². The molecule has 1 fully saturated rings. The van der Waals surface area contributed by atoms with E-state index < -0.39 is 10.0 Å². The molecule has 168 valence electrons. The van der Waals surface area contributed by atoms with Crippen LogP contribution in [0, 0.1) is 0 Å². The van der Waals surface area contributed by atoms with Gasteiger partial charge in [0.1, 0.15) is 0 Å². The van der Waals surface area contributed by atoms with Gasteiger partial charge in [0.2, 0.25) is 15.9 Å². The highest BCUT2D eigenvalue weighted by Crippen LogP contribution is 2.29. The molecule has 1 aromatic heterocycles. The molecule has 3 aromatic rings. The van der Waals surface area contributed by atoms with Crippen molar-refractivity contribution >= 4 is 26.8 Å². The van der Waals surface area contributed by atoms with Gasteiger partial charge in [-0.2, -0.15) is 4.31 Å². The van der Waals surface area contributed by atoms with Crippen LogP contribution in [0.1, 0.15) is 49.3 Å². The average Bonchev–Trinajstić information content (AvgIpc) is 3.48. The SMILES string of the molecule is O=C(CCn1ccc2cc(S(=O)(=O)N3CCCC3)ccc21)NC1CCCc2ccccc21. The monoisotopic (exact) mass is 451 g/mol. The average molecular weight is 452 g/mol. The summed E-state index contributed by atoms with van der Waals surface area (Å²) in [6, 6.07) is 15.7. The Morgan fingerprint density at radius 1 is 1.03 bits per heavy atom. The van der Waals surface area contributed by atoms with Crippen LogP contribution in [0.4, 0.5) is 0 Å². The number of aryl methyl sites for hydroxylation is 2. The van der Waals surface area contributed by atoms with Crippen LogP contribution in [0.5, 0.6) is 0 Å². The molecule has 1 atom stereocenters. The van der Waals surface area contributed by atoms with Crippen molar-refractivity contribution in [2.45, 2.75) is 56.0 Å². The highest BCUT2D eigenvalue weighted by molar-refractivity contribution is 7.89. The van der Waals surface area contributed by atoms with Gasteiger partial charge in [-0.3, -0.25) is 4.79 Å². The minimum absolute atomic E-state index is 0.0433. The summed E-state index contributed by atoms with van der Waals surface area (Å²) >= 11 is 0. The summed E-state index contributed by atoms with van der Waals surface area (Å²) in [6.07, 6.45) is 7.30. The molecule has 1 N–H and O–H groups in total. The summed E-state index contributed by atoms with van der Waals surface area (Å²) in [5.41, 5.74) is 3.52. The number of carbonyl (C=O) groups excluding carboxylic acids is 1. The van der Waals surface area contributed by atoms with Crippen LogP contribution >= 0.6 is 0 Å². The number of nitrogens with zero attached hydrogens (tertiary/aromatic N) is 2. The van der Waals surface area contributed by atoms with E-state index in [0.29, 0.717) is 31.0 Å². The smallest absolute Gasteiger partial charge is 0.243 e. The van der Waals surface area contributed by atoms with Gasteiger partial charge in [0, 0.05) is 43.2 Å². The maximum atomic E-state index is 12.8. The number of rotatable bonds is 6. The molecule has 0 radical (unpaired) electrons. The lowest BCUT2D eigenvalue weighted by atomic mass is 9.88. The zero-order valence-corrected chi connectivity index (χ0v) is 19.0. The Hall–Kier alpha value is -2.64. The molecule has 7 heteroatoms. The molecule has 0 bridgehead atoms. The van der Waals surface area contributed by atoms with Crippen molar-refractivity contribution in [3.8, 4) is 0 Å². The third-order valence-electron chi connectivity index (χ3n) is 6.73. The largest absolute Gasteiger partial charge is 0.349 e. The van der Waals surface area contributed by atoms with Crippen molar-refractivity contribution in [3.05, 3.63) is 65.9 Å². The standard InChI is InChI=1S/C25H29N3O3S/c29-25(26-23-9-5-7-19-6-1-2-8-22(19)23)13-17-27-16-12-20-18-21(10-11-24(20)27)32(30,31)28-14-3-4-15-28/h1-2,6,8,10-12,16,18,23H,3-5,7,9,13-15,17H2,(H,26,29). The summed E-state index contributed by atoms with van der Waals surface area (Å²) in [5, 5.41) is 4.09. The van der Waals surface area contributed by atoms with Gasteiger partial charge in [0.05, 0.1) is 10.9 Å². The minimum Gasteiger partial charge on any atom is -0.349 e. The van der Waals surface area contributed by atoms with Gasteiger partial charge in [-0.25, -0.2) is 8.42 Å². The summed E-state index contributed by atoms with van der Waals surface area (Å²) in [6.45, 7) is 1.76. The van der Waals surface area contributed by atoms with E-state index in [1.807, 2.05) is 29.0 Å². The Labute approximate surface area is 189 Å². The van der Waals surface area contributed by atoms with Crippen molar-refractivity contribution in [2.75, 3.05) is 13.1 Å². The maximum absolute atomic E-state index is 12.8. The minimum atomic E-state index is -3.43. The highest BCUT2D eigenvalue weighted by Gasteiger charge is 2.27. The highest BCUT2D eigenvalue weighted by atomic mass is 32.2. The number of sulfonamides is 1. The lowest BCUT2D eigenvalue weighted by Gasteiger charge is -2.26. The fourth-order valence-corrected chi connectivity index (χ4v) is 6.56. The van der Waals surface area contributed by atoms with Gasteiger partial charge in [0.25, 0.3) is 0 Å². The summed E-state index contributed by atoms with van der Waals surface area (Å²) in [4.78, 5) is 13.0. The van der Waals surface area contributed by atoms with Crippen LogP contribution < -0.4 is 5.32 Å². The number of nitrogens with one attached hydrogen (secondary N) is 1. The van der Waals surface area contributed by atoms with E-state index in [0.717, 1.165) is 43.0 Å². The van der Waals surface area contributed by atoms with Crippen molar-refractivity contribution in [1.82, 2.24) is 14.2 Å². The lowest BCUT2D eigenvalue weighted by Crippen LogP contribution is -2.31. The Morgan fingerprint density at radius 3 is 2.69 bits per heavy atom. The van der Waals surface area contributed by atoms with Gasteiger partial charge in [0.15, 0.2) is 0 Å². The molecule has 0 spiro atoms. The summed E-state index contributed by atoms with van der Waals surface area (Å²) in [5.74, 6) is 0.0433. The molecular weight excluding hydrogens is 422 g/mol. The summed E-state index contributed by atoms with van der Waals surface area (Å²) in [7, 11) is -3.43. The fourth-order valence-electron chi connectivity index (χ4n) is 5.00. The molecule has 2 heterocycles. The quantitative estimate of drug-likeness (QED) is 0.616. The van der Waals surface area contributed by atoms with Gasteiger partial charge in [-0.1, -0.05) is 24.3 Å². The van der Waals surface area contributed by atoms with E-state index in [1.165, 1.54) is 11.1 Å². The number of fused-ring (bicyclic) bond motifs is 2. The van der Waals surface area contributed by atoms with Gasteiger partial charge < -0.3 is 9.88 Å². The second-order valence-corrected chi connectivity index (χ2v) is 10.7. The topological polar surface area (TPSA) is 71.4 Å². The predicted octanol–water partition coefficient (Wildman–Crippen LogP) is 4.01. The Kier molecular flexibility index (Phi) is 5.78. The lowest BCUT2D eigenvalue weighted by molar-refractivity contribution is -0.122. The zero-order valence-electron chi connectivity index (χ0n) is 18.2. The number of benzene rings is 2. The molecule has 5 rings (SSSR count).